The van der Waals surface area contributed by atoms with Gasteiger partial charge in [0, 0.05) is 23.7 Å². The minimum Gasteiger partial charge on any atom is -0.264 e. The van der Waals surface area contributed by atoms with E-state index in [1.165, 1.54) is 21.3 Å². The molecule has 0 aliphatic rings. The lowest BCUT2D eigenvalue weighted by molar-refractivity contribution is 0.634. The van der Waals surface area contributed by atoms with Crippen molar-refractivity contribution >= 4 is 21.6 Å². The fourth-order valence-electron chi connectivity index (χ4n) is 2.27. The topological polar surface area (TPSA) is 25.8 Å². The lowest BCUT2D eigenvalue weighted by atomic mass is 9.96. The van der Waals surface area contributed by atoms with Crippen molar-refractivity contribution in [1.82, 2.24) is 9.36 Å². The smallest absolute Gasteiger partial charge is 0.0667 e. The van der Waals surface area contributed by atoms with Crippen LogP contribution in [0.2, 0.25) is 0 Å². The number of rotatable bonds is 4. The maximum absolute atomic E-state index is 4.68. The van der Waals surface area contributed by atoms with Crippen molar-refractivity contribution in [3.8, 4) is 0 Å². The summed E-state index contributed by atoms with van der Waals surface area (Å²) in [6.45, 7) is 8.90. The molecule has 2 heterocycles. The van der Waals surface area contributed by atoms with Gasteiger partial charge in [0.15, 0.2) is 0 Å². The van der Waals surface area contributed by atoms with Crippen LogP contribution in [0.5, 0.6) is 0 Å². The van der Waals surface area contributed by atoms with E-state index in [4.69, 9.17) is 0 Å². The molecule has 0 aliphatic carbocycles. The molecule has 0 fully saturated rings. The molecule has 2 aromatic rings. The van der Waals surface area contributed by atoms with Gasteiger partial charge in [0.05, 0.1) is 10.4 Å². The Morgan fingerprint density at radius 2 is 1.88 bits per heavy atom. The number of fused-ring (bicyclic) bond motifs is 1. The Bertz CT molecular complexity index is 498. The third-order valence-corrected chi connectivity index (χ3v) is 4.36. The van der Waals surface area contributed by atoms with E-state index < -0.39 is 0 Å². The van der Waals surface area contributed by atoms with Crippen LogP contribution in [0, 0.1) is 0 Å². The van der Waals surface area contributed by atoms with Crippen LogP contribution in [0.4, 0.5) is 0 Å². The highest BCUT2D eigenvalue weighted by atomic mass is 32.1. The van der Waals surface area contributed by atoms with Crippen LogP contribution in [0.1, 0.15) is 63.6 Å². The first-order chi connectivity index (χ1) is 8.19. The molecule has 3 heteroatoms. The minimum absolute atomic E-state index is 0.515. The molecule has 2 nitrogen and oxygen atoms in total. The summed E-state index contributed by atoms with van der Waals surface area (Å²) in [6, 6.07) is 0. The van der Waals surface area contributed by atoms with Crippen molar-refractivity contribution in [2.24, 2.45) is 0 Å². The lowest BCUT2D eigenvalue weighted by Crippen LogP contribution is -1.96. The molecule has 0 saturated heterocycles. The predicted octanol–water partition coefficient (Wildman–Crippen LogP) is 4.72. The van der Waals surface area contributed by atoms with Crippen LogP contribution in [0.25, 0.3) is 10.1 Å². The SMILES string of the molecule is CCC(CC)c1nsc2c(C(C)C)cncc12. The first-order valence-corrected chi connectivity index (χ1v) is 7.19. The maximum Gasteiger partial charge on any atom is 0.0667 e. The Kier molecular flexibility index (Phi) is 3.77. The van der Waals surface area contributed by atoms with Gasteiger partial charge >= 0.3 is 0 Å². The highest BCUT2D eigenvalue weighted by molar-refractivity contribution is 7.13. The molecule has 92 valence electrons. The highest BCUT2D eigenvalue weighted by Crippen LogP contribution is 2.35. The summed E-state index contributed by atoms with van der Waals surface area (Å²) in [5.74, 6) is 1.09. The molecule has 2 rings (SSSR count). The fourth-order valence-corrected chi connectivity index (χ4v) is 3.36. The van der Waals surface area contributed by atoms with Crippen LogP contribution in [-0.4, -0.2) is 9.36 Å². The normalized spacial score (nSPS) is 11.9. The minimum atomic E-state index is 0.515. The van der Waals surface area contributed by atoms with Gasteiger partial charge in [-0.1, -0.05) is 27.7 Å². The Hall–Kier alpha value is -0.960. The van der Waals surface area contributed by atoms with E-state index in [1.807, 2.05) is 12.4 Å². The number of pyridine rings is 1. The standard InChI is InChI=1S/C14H20N2S/c1-5-10(6-2)13-12-8-15-7-11(9(3)4)14(12)17-16-13/h7-10H,5-6H2,1-4H3. The van der Waals surface area contributed by atoms with Crippen LogP contribution in [0.15, 0.2) is 12.4 Å². The van der Waals surface area contributed by atoms with Crippen molar-refractivity contribution in [3.63, 3.8) is 0 Å². The van der Waals surface area contributed by atoms with E-state index in [0.29, 0.717) is 11.8 Å². The summed E-state index contributed by atoms with van der Waals surface area (Å²) >= 11 is 1.64. The molecule has 0 saturated carbocycles. The Balaban J connectivity index is 2.58. The van der Waals surface area contributed by atoms with Gasteiger partial charge in [-0.3, -0.25) is 4.98 Å². The molecule has 0 spiro atoms. The molecular formula is C14H20N2S. The Morgan fingerprint density at radius 3 is 2.47 bits per heavy atom. The Labute approximate surface area is 107 Å². The zero-order valence-electron chi connectivity index (χ0n) is 11.0. The summed E-state index contributed by atoms with van der Waals surface area (Å²) in [7, 11) is 0. The van der Waals surface area contributed by atoms with Gasteiger partial charge in [0.25, 0.3) is 0 Å². The average Bonchev–Trinajstić information content (AvgIpc) is 2.74. The molecule has 0 N–H and O–H groups in total. The third kappa shape index (κ3) is 2.21. The van der Waals surface area contributed by atoms with Gasteiger partial charge in [0.2, 0.25) is 0 Å². The molecule has 0 aliphatic heterocycles. The number of nitrogens with zero attached hydrogens (tertiary/aromatic N) is 2. The van der Waals surface area contributed by atoms with Crippen molar-refractivity contribution in [2.45, 2.75) is 52.4 Å². The van der Waals surface area contributed by atoms with Gasteiger partial charge in [-0.2, -0.15) is 4.37 Å². The molecule has 0 atom stereocenters. The van der Waals surface area contributed by atoms with Gasteiger partial charge in [0.1, 0.15) is 0 Å². The van der Waals surface area contributed by atoms with Gasteiger partial charge in [-0.25, -0.2) is 0 Å². The molecule has 0 amide bonds. The molecule has 0 radical (unpaired) electrons. The van der Waals surface area contributed by atoms with Crippen molar-refractivity contribution in [1.29, 1.82) is 0 Å². The second-order valence-corrected chi connectivity index (χ2v) is 5.61. The number of hydrogen-bond donors (Lipinski definition) is 0. The maximum atomic E-state index is 4.68. The van der Waals surface area contributed by atoms with E-state index in [1.54, 1.807) is 11.5 Å². The first kappa shape index (κ1) is 12.5. The number of aromatic nitrogens is 2. The summed E-state index contributed by atoms with van der Waals surface area (Å²) in [4.78, 5) is 4.38. The lowest BCUT2D eigenvalue weighted by Gasteiger charge is -2.10. The second-order valence-electron chi connectivity index (χ2n) is 4.84. The van der Waals surface area contributed by atoms with Gasteiger partial charge < -0.3 is 0 Å². The number of hydrogen-bond acceptors (Lipinski definition) is 3. The fraction of sp³-hybridized carbons (Fsp3) is 0.571. The van der Waals surface area contributed by atoms with E-state index in [0.717, 1.165) is 12.8 Å². The second kappa shape index (κ2) is 5.13. The molecule has 2 aromatic heterocycles. The van der Waals surface area contributed by atoms with Crippen molar-refractivity contribution in [3.05, 3.63) is 23.7 Å². The van der Waals surface area contributed by atoms with Crippen molar-refractivity contribution in [2.75, 3.05) is 0 Å². The molecule has 17 heavy (non-hydrogen) atoms. The van der Waals surface area contributed by atoms with E-state index >= 15 is 0 Å². The van der Waals surface area contributed by atoms with E-state index in [-0.39, 0.29) is 0 Å². The van der Waals surface area contributed by atoms with Crippen LogP contribution in [-0.2, 0) is 0 Å². The average molecular weight is 248 g/mol. The third-order valence-electron chi connectivity index (χ3n) is 3.43. The Morgan fingerprint density at radius 1 is 1.18 bits per heavy atom. The highest BCUT2D eigenvalue weighted by Gasteiger charge is 2.17. The molecular weight excluding hydrogens is 228 g/mol. The predicted molar refractivity (Wildman–Crippen MR) is 74.8 cm³/mol. The van der Waals surface area contributed by atoms with Gasteiger partial charge in [-0.15, -0.1) is 0 Å². The zero-order valence-corrected chi connectivity index (χ0v) is 11.8. The molecule has 0 bridgehead atoms. The van der Waals surface area contributed by atoms with Crippen molar-refractivity contribution < 1.29 is 0 Å². The first-order valence-electron chi connectivity index (χ1n) is 6.42. The largest absolute Gasteiger partial charge is 0.264 e. The van der Waals surface area contributed by atoms with E-state index in [9.17, 15) is 0 Å². The monoisotopic (exact) mass is 248 g/mol. The van der Waals surface area contributed by atoms with E-state index in [2.05, 4.69) is 37.1 Å². The quantitative estimate of drug-likeness (QED) is 0.782. The summed E-state index contributed by atoms with van der Waals surface area (Å²) in [5, 5.41) is 1.27. The summed E-state index contributed by atoms with van der Waals surface area (Å²) in [6.07, 6.45) is 6.28. The summed E-state index contributed by atoms with van der Waals surface area (Å²) < 4.78 is 6.01. The van der Waals surface area contributed by atoms with Crippen LogP contribution < -0.4 is 0 Å². The molecule has 0 unspecified atom stereocenters. The van der Waals surface area contributed by atoms with Crippen LogP contribution in [0.3, 0.4) is 0 Å². The zero-order chi connectivity index (χ0) is 12.4. The summed E-state index contributed by atoms with van der Waals surface area (Å²) in [5.41, 5.74) is 2.59. The van der Waals surface area contributed by atoms with Gasteiger partial charge in [-0.05, 0) is 35.9 Å². The molecule has 0 aromatic carbocycles. The van der Waals surface area contributed by atoms with Crippen LogP contribution >= 0.6 is 11.5 Å².